The molecule has 0 N–H and O–H groups in total. The van der Waals surface area contributed by atoms with Gasteiger partial charge in [-0.2, -0.15) is 0 Å². The third kappa shape index (κ3) is 3.90. The monoisotopic (exact) mass is 420 g/mol. The van der Waals surface area contributed by atoms with Crippen LogP contribution < -0.4 is 9.75 Å². The quantitative estimate of drug-likeness (QED) is 0.625. The molecule has 0 fully saturated rings. The standard InChI is InChI=1S/C18H14Cl2N4O2S/c19-13-5-7-14(8-6-13)26-10-16-21-22-18-24(16)23(17(25)11-27-18)9-12-3-1-2-4-15(12)20/h1-8H,9-11H2. The van der Waals surface area contributed by atoms with Crippen LogP contribution in [0.2, 0.25) is 10.0 Å². The number of hydrogen-bond acceptors (Lipinski definition) is 5. The van der Waals surface area contributed by atoms with Crippen molar-refractivity contribution in [1.82, 2.24) is 14.9 Å². The number of benzene rings is 2. The number of hydrogen-bond donors (Lipinski definition) is 0. The van der Waals surface area contributed by atoms with Gasteiger partial charge in [0.15, 0.2) is 5.82 Å². The molecule has 9 heteroatoms. The molecule has 4 rings (SSSR count). The molecule has 138 valence electrons. The lowest BCUT2D eigenvalue weighted by Crippen LogP contribution is -2.45. The molecule has 0 bridgehead atoms. The van der Waals surface area contributed by atoms with E-state index < -0.39 is 0 Å². The summed E-state index contributed by atoms with van der Waals surface area (Å²) in [5.41, 5.74) is 0.851. The Hall–Kier alpha value is -2.22. The topological polar surface area (TPSA) is 60.2 Å². The Labute approximate surface area is 170 Å². The van der Waals surface area contributed by atoms with E-state index in [9.17, 15) is 4.79 Å². The molecule has 1 amide bonds. The number of ether oxygens (including phenoxy) is 1. The highest BCUT2D eigenvalue weighted by Gasteiger charge is 2.29. The van der Waals surface area contributed by atoms with E-state index in [1.807, 2.05) is 18.2 Å². The molecule has 0 saturated carbocycles. The lowest BCUT2D eigenvalue weighted by Gasteiger charge is -2.29. The lowest BCUT2D eigenvalue weighted by atomic mass is 10.2. The maximum Gasteiger partial charge on any atom is 0.252 e. The van der Waals surface area contributed by atoms with Gasteiger partial charge in [-0.15, -0.1) is 10.2 Å². The van der Waals surface area contributed by atoms with Crippen molar-refractivity contribution in [3.8, 4) is 5.75 Å². The van der Waals surface area contributed by atoms with Crippen molar-refractivity contribution in [2.45, 2.75) is 18.3 Å². The van der Waals surface area contributed by atoms with Crippen molar-refractivity contribution in [2.24, 2.45) is 0 Å². The third-order valence-corrected chi connectivity index (χ3v) is 5.52. The predicted octanol–water partition coefficient (Wildman–Crippen LogP) is 3.93. The maximum atomic E-state index is 12.6. The predicted molar refractivity (Wildman–Crippen MR) is 105 cm³/mol. The summed E-state index contributed by atoms with van der Waals surface area (Å²) < 4.78 is 7.48. The normalized spacial score (nSPS) is 13.6. The van der Waals surface area contributed by atoms with Crippen LogP contribution in [0.4, 0.5) is 0 Å². The van der Waals surface area contributed by atoms with Crippen LogP contribution in [-0.2, 0) is 17.9 Å². The molecule has 2 heterocycles. The van der Waals surface area contributed by atoms with Crippen LogP contribution in [0.3, 0.4) is 0 Å². The largest absolute Gasteiger partial charge is 0.486 e. The minimum Gasteiger partial charge on any atom is -0.486 e. The van der Waals surface area contributed by atoms with Gasteiger partial charge in [-0.3, -0.25) is 4.79 Å². The molecule has 2 aromatic carbocycles. The van der Waals surface area contributed by atoms with Crippen LogP contribution in [0, 0.1) is 0 Å². The Bertz CT molecular complexity index is 978. The van der Waals surface area contributed by atoms with E-state index in [1.54, 1.807) is 40.0 Å². The molecule has 27 heavy (non-hydrogen) atoms. The lowest BCUT2D eigenvalue weighted by molar-refractivity contribution is -0.118. The SMILES string of the molecule is O=C1CSc2nnc(COc3ccc(Cl)cc3)n2N1Cc1ccccc1Cl. The van der Waals surface area contributed by atoms with Gasteiger partial charge in [0.05, 0.1) is 12.3 Å². The molecule has 3 aromatic rings. The molecule has 1 aliphatic rings. The van der Waals surface area contributed by atoms with Crippen molar-refractivity contribution in [3.63, 3.8) is 0 Å². The Morgan fingerprint density at radius 1 is 1.07 bits per heavy atom. The second-order valence-corrected chi connectivity index (χ2v) is 7.57. The van der Waals surface area contributed by atoms with Gasteiger partial charge in [0, 0.05) is 10.0 Å². The number of thioether (sulfide) groups is 1. The number of fused-ring (bicyclic) bond motifs is 1. The number of carbonyl (C=O) groups excluding carboxylic acids is 1. The second-order valence-electron chi connectivity index (χ2n) is 5.78. The fourth-order valence-corrected chi connectivity index (χ4v) is 3.80. The average molecular weight is 421 g/mol. The number of amides is 1. The van der Waals surface area contributed by atoms with Crippen molar-refractivity contribution in [3.05, 3.63) is 70.0 Å². The zero-order chi connectivity index (χ0) is 18.8. The molecule has 0 aliphatic carbocycles. The number of carbonyl (C=O) groups is 1. The molecule has 1 aliphatic heterocycles. The highest BCUT2D eigenvalue weighted by molar-refractivity contribution is 7.99. The van der Waals surface area contributed by atoms with Crippen molar-refractivity contribution in [2.75, 3.05) is 10.8 Å². The first-order chi connectivity index (χ1) is 13.1. The zero-order valence-electron chi connectivity index (χ0n) is 14.0. The van der Waals surface area contributed by atoms with Crippen LogP contribution in [0.5, 0.6) is 5.75 Å². The van der Waals surface area contributed by atoms with Crippen molar-refractivity contribution in [1.29, 1.82) is 0 Å². The van der Waals surface area contributed by atoms with Crippen LogP contribution in [0.15, 0.2) is 53.7 Å². The Kier molecular flexibility index (Phi) is 5.24. The zero-order valence-corrected chi connectivity index (χ0v) is 16.3. The number of aromatic nitrogens is 3. The summed E-state index contributed by atoms with van der Waals surface area (Å²) in [6.07, 6.45) is 0. The molecule has 0 unspecified atom stereocenters. The number of nitrogens with zero attached hydrogens (tertiary/aromatic N) is 4. The second kappa shape index (κ2) is 7.80. The Morgan fingerprint density at radius 3 is 2.63 bits per heavy atom. The fourth-order valence-electron chi connectivity index (χ4n) is 2.66. The summed E-state index contributed by atoms with van der Waals surface area (Å²) in [5.74, 6) is 1.46. The van der Waals surface area contributed by atoms with Gasteiger partial charge in [0.2, 0.25) is 5.16 Å². The molecular weight excluding hydrogens is 407 g/mol. The van der Waals surface area contributed by atoms with Crippen molar-refractivity contribution < 1.29 is 9.53 Å². The van der Waals surface area contributed by atoms with Gasteiger partial charge in [0.1, 0.15) is 12.4 Å². The molecular formula is C18H14Cl2N4O2S. The van der Waals surface area contributed by atoms with Crippen LogP contribution in [0.25, 0.3) is 0 Å². The Morgan fingerprint density at radius 2 is 1.85 bits per heavy atom. The highest BCUT2D eigenvalue weighted by atomic mass is 35.5. The minimum atomic E-state index is -0.0417. The van der Waals surface area contributed by atoms with Gasteiger partial charge >= 0.3 is 0 Å². The van der Waals surface area contributed by atoms with Gasteiger partial charge < -0.3 is 4.74 Å². The minimum absolute atomic E-state index is 0.0417. The average Bonchev–Trinajstić information content (AvgIpc) is 3.08. The fraction of sp³-hybridized carbons (Fsp3) is 0.167. The summed E-state index contributed by atoms with van der Waals surface area (Å²) in [6.45, 7) is 0.500. The maximum absolute atomic E-state index is 12.6. The molecule has 6 nitrogen and oxygen atoms in total. The van der Waals surface area contributed by atoms with Crippen LogP contribution in [0.1, 0.15) is 11.4 Å². The van der Waals surface area contributed by atoms with Gasteiger partial charge in [0.25, 0.3) is 5.91 Å². The highest BCUT2D eigenvalue weighted by Crippen LogP contribution is 2.26. The van der Waals surface area contributed by atoms with Crippen LogP contribution in [-0.4, -0.2) is 26.5 Å². The molecule has 0 saturated heterocycles. The number of rotatable bonds is 5. The molecule has 0 atom stereocenters. The van der Waals surface area contributed by atoms with E-state index >= 15 is 0 Å². The van der Waals surface area contributed by atoms with Gasteiger partial charge in [-0.1, -0.05) is 53.2 Å². The van der Waals surface area contributed by atoms with Crippen molar-refractivity contribution >= 4 is 40.9 Å². The van der Waals surface area contributed by atoms with E-state index in [1.165, 1.54) is 11.8 Å². The summed E-state index contributed by atoms with van der Waals surface area (Å²) in [6, 6.07) is 14.5. The Balaban J connectivity index is 1.59. The first-order valence-corrected chi connectivity index (χ1v) is 9.85. The smallest absolute Gasteiger partial charge is 0.252 e. The van der Waals surface area contributed by atoms with Gasteiger partial charge in [-0.05, 0) is 35.9 Å². The summed E-state index contributed by atoms with van der Waals surface area (Å²) in [4.78, 5) is 12.6. The van der Waals surface area contributed by atoms with E-state index in [-0.39, 0.29) is 12.5 Å². The third-order valence-electron chi connectivity index (χ3n) is 3.99. The first kappa shape index (κ1) is 18.2. The van der Waals surface area contributed by atoms with E-state index in [2.05, 4.69) is 10.2 Å². The first-order valence-electron chi connectivity index (χ1n) is 8.11. The molecule has 0 spiro atoms. The summed E-state index contributed by atoms with van der Waals surface area (Å²) >= 11 is 13.5. The van der Waals surface area contributed by atoms with Gasteiger partial charge in [-0.25, -0.2) is 9.69 Å². The molecule has 0 radical (unpaired) electrons. The summed E-state index contributed by atoms with van der Waals surface area (Å²) in [5, 5.41) is 11.9. The van der Waals surface area contributed by atoms with Crippen LogP contribution >= 0.6 is 35.0 Å². The molecule has 1 aromatic heterocycles. The van der Waals surface area contributed by atoms with E-state index in [0.29, 0.717) is 39.1 Å². The summed E-state index contributed by atoms with van der Waals surface area (Å²) in [7, 11) is 0. The van der Waals surface area contributed by atoms with E-state index in [0.717, 1.165) is 5.56 Å². The number of halogens is 2. The van der Waals surface area contributed by atoms with E-state index in [4.69, 9.17) is 27.9 Å².